The molecule has 4 heteroatoms. The lowest BCUT2D eigenvalue weighted by Crippen LogP contribution is -2.51. The zero-order valence-corrected chi connectivity index (χ0v) is 13.7. The van der Waals surface area contributed by atoms with Crippen LogP contribution in [0.25, 0.3) is 0 Å². The molecule has 0 bridgehead atoms. The van der Waals surface area contributed by atoms with Crippen molar-refractivity contribution in [2.45, 2.75) is 59.5 Å². The first-order valence-corrected chi connectivity index (χ1v) is 7.50. The summed E-state index contributed by atoms with van der Waals surface area (Å²) in [7, 11) is 0. The molecule has 1 unspecified atom stereocenters. The van der Waals surface area contributed by atoms with E-state index in [1.807, 2.05) is 20.8 Å². The molecule has 0 aromatic carbocycles. The third-order valence-electron chi connectivity index (χ3n) is 4.11. The number of esters is 1. The Balaban J connectivity index is 3.35. The highest BCUT2D eigenvalue weighted by Crippen LogP contribution is 2.48. The number of rotatable bonds is 5. The van der Waals surface area contributed by atoms with E-state index in [1.54, 1.807) is 13.8 Å². The van der Waals surface area contributed by atoms with E-state index in [9.17, 15) is 14.7 Å². The smallest absolute Gasteiger partial charge is 0.330 e. The van der Waals surface area contributed by atoms with Gasteiger partial charge in [-0.15, -0.1) is 0 Å². The standard InChI is InChI=1S/C17H26O4/c1-6-8-13(10-15(19)21-7-2)17(20)12(3)9-14(18)11-16(17,4)5/h9-10,20H,6-8,11H2,1-5H3/b13-10-. The summed E-state index contributed by atoms with van der Waals surface area (Å²) in [5.74, 6) is -0.441. The molecule has 1 atom stereocenters. The quantitative estimate of drug-likeness (QED) is 0.625. The number of carbonyl (C=O) groups excluding carboxylic acids is 2. The Morgan fingerprint density at radius 3 is 2.52 bits per heavy atom. The predicted molar refractivity (Wildman–Crippen MR) is 81.7 cm³/mol. The van der Waals surface area contributed by atoms with Crippen LogP contribution in [-0.2, 0) is 14.3 Å². The molecule has 0 fully saturated rings. The van der Waals surface area contributed by atoms with Crippen LogP contribution >= 0.6 is 0 Å². The van der Waals surface area contributed by atoms with Gasteiger partial charge in [-0.25, -0.2) is 4.79 Å². The first-order chi connectivity index (χ1) is 9.68. The Kier molecular flexibility index (Phi) is 5.51. The summed E-state index contributed by atoms with van der Waals surface area (Å²) in [6, 6.07) is 0. The maximum atomic E-state index is 11.8. The predicted octanol–water partition coefficient (Wildman–Crippen LogP) is 2.95. The topological polar surface area (TPSA) is 63.6 Å². The molecular weight excluding hydrogens is 268 g/mol. The zero-order chi connectivity index (χ0) is 16.3. The lowest BCUT2D eigenvalue weighted by atomic mass is 9.61. The van der Waals surface area contributed by atoms with E-state index in [4.69, 9.17) is 4.74 Å². The van der Waals surface area contributed by atoms with Crippen LogP contribution in [0.4, 0.5) is 0 Å². The first kappa shape index (κ1) is 17.6. The fraction of sp³-hybridized carbons (Fsp3) is 0.647. The van der Waals surface area contributed by atoms with Gasteiger partial charge in [0, 0.05) is 17.9 Å². The van der Waals surface area contributed by atoms with E-state index in [2.05, 4.69) is 0 Å². The summed E-state index contributed by atoms with van der Waals surface area (Å²) in [5, 5.41) is 11.3. The Hall–Kier alpha value is -1.42. The summed E-state index contributed by atoms with van der Waals surface area (Å²) in [5.41, 5.74) is -0.734. The van der Waals surface area contributed by atoms with Crippen LogP contribution < -0.4 is 0 Å². The summed E-state index contributed by atoms with van der Waals surface area (Å²) >= 11 is 0. The maximum absolute atomic E-state index is 11.8. The molecule has 118 valence electrons. The van der Waals surface area contributed by atoms with Crippen LogP contribution in [0.1, 0.15) is 53.9 Å². The molecule has 21 heavy (non-hydrogen) atoms. The van der Waals surface area contributed by atoms with E-state index in [1.165, 1.54) is 12.2 Å². The number of aliphatic hydroxyl groups is 1. The van der Waals surface area contributed by atoms with Crippen molar-refractivity contribution >= 4 is 11.8 Å². The van der Waals surface area contributed by atoms with Gasteiger partial charge in [0.2, 0.25) is 0 Å². The third kappa shape index (κ3) is 3.43. The molecule has 1 aliphatic carbocycles. The van der Waals surface area contributed by atoms with Gasteiger partial charge in [0.1, 0.15) is 5.60 Å². The van der Waals surface area contributed by atoms with Gasteiger partial charge in [-0.2, -0.15) is 0 Å². The van der Waals surface area contributed by atoms with Gasteiger partial charge in [-0.3, -0.25) is 4.79 Å². The van der Waals surface area contributed by atoms with Gasteiger partial charge in [-0.05, 0) is 37.5 Å². The number of ether oxygens (including phenoxy) is 1. The maximum Gasteiger partial charge on any atom is 0.330 e. The summed E-state index contributed by atoms with van der Waals surface area (Å²) in [4.78, 5) is 23.6. The SMILES string of the molecule is CCC/C(=C/C(=O)OCC)C1(O)C(C)=CC(=O)CC1(C)C. The highest BCUT2D eigenvalue weighted by molar-refractivity contribution is 5.93. The van der Waals surface area contributed by atoms with Crippen LogP contribution in [0.2, 0.25) is 0 Å². The lowest BCUT2D eigenvalue weighted by Gasteiger charge is -2.47. The molecule has 0 radical (unpaired) electrons. The largest absolute Gasteiger partial charge is 0.463 e. The van der Waals surface area contributed by atoms with Crippen molar-refractivity contribution in [3.05, 3.63) is 23.3 Å². The fourth-order valence-corrected chi connectivity index (χ4v) is 3.14. The minimum Gasteiger partial charge on any atom is -0.463 e. The molecule has 0 amide bonds. The summed E-state index contributed by atoms with van der Waals surface area (Å²) in [6.07, 6.45) is 4.51. The van der Waals surface area contributed by atoms with Gasteiger partial charge in [0.05, 0.1) is 6.61 Å². The molecule has 1 aliphatic rings. The molecule has 0 saturated carbocycles. The van der Waals surface area contributed by atoms with Gasteiger partial charge in [-0.1, -0.05) is 27.2 Å². The summed E-state index contributed by atoms with van der Waals surface area (Å²) < 4.78 is 4.97. The van der Waals surface area contributed by atoms with Gasteiger partial charge < -0.3 is 9.84 Å². The highest BCUT2D eigenvalue weighted by Gasteiger charge is 2.50. The first-order valence-electron chi connectivity index (χ1n) is 7.50. The molecule has 0 aliphatic heterocycles. The molecule has 0 spiro atoms. The highest BCUT2D eigenvalue weighted by atomic mass is 16.5. The van der Waals surface area contributed by atoms with Crippen LogP contribution in [0.15, 0.2) is 23.3 Å². The molecule has 0 aromatic rings. The van der Waals surface area contributed by atoms with Gasteiger partial charge in [0.25, 0.3) is 0 Å². The van der Waals surface area contributed by atoms with Crippen molar-refractivity contribution < 1.29 is 19.4 Å². The average molecular weight is 294 g/mol. The van der Waals surface area contributed by atoms with E-state index in [-0.39, 0.29) is 12.2 Å². The van der Waals surface area contributed by atoms with Crippen molar-refractivity contribution in [3.63, 3.8) is 0 Å². The van der Waals surface area contributed by atoms with Crippen molar-refractivity contribution in [2.75, 3.05) is 6.61 Å². The Labute approximate surface area is 126 Å². The summed E-state index contributed by atoms with van der Waals surface area (Å²) in [6.45, 7) is 9.49. The Bertz CT molecular complexity index is 485. The number of ketones is 1. The zero-order valence-electron chi connectivity index (χ0n) is 13.7. The lowest BCUT2D eigenvalue weighted by molar-refractivity contribution is -0.137. The Morgan fingerprint density at radius 2 is 2.05 bits per heavy atom. The van der Waals surface area contributed by atoms with E-state index < -0.39 is 17.0 Å². The van der Waals surface area contributed by atoms with Crippen molar-refractivity contribution in [1.29, 1.82) is 0 Å². The molecule has 4 nitrogen and oxygen atoms in total. The Morgan fingerprint density at radius 1 is 1.43 bits per heavy atom. The number of allylic oxidation sites excluding steroid dienone is 1. The average Bonchev–Trinajstić information content (AvgIpc) is 2.34. The number of carbonyl (C=O) groups is 2. The molecule has 1 N–H and O–H groups in total. The van der Waals surface area contributed by atoms with Crippen LogP contribution in [0, 0.1) is 5.41 Å². The monoisotopic (exact) mass is 294 g/mol. The fourth-order valence-electron chi connectivity index (χ4n) is 3.14. The molecular formula is C17H26O4. The number of hydrogen-bond acceptors (Lipinski definition) is 4. The second kappa shape index (κ2) is 6.56. The van der Waals surface area contributed by atoms with E-state index in [0.29, 0.717) is 24.2 Å². The minimum atomic E-state index is -1.29. The molecule has 0 heterocycles. The van der Waals surface area contributed by atoms with Crippen LogP contribution in [0.3, 0.4) is 0 Å². The van der Waals surface area contributed by atoms with Crippen molar-refractivity contribution in [1.82, 2.24) is 0 Å². The van der Waals surface area contributed by atoms with Crippen molar-refractivity contribution in [2.24, 2.45) is 5.41 Å². The third-order valence-corrected chi connectivity index (χ3v) is 4.11. The molecule has 0 saturated heterocycles. The van der Waals surface area contributed by atoms with Gasteiger partial charge >= 0.3 is 5.97 Å². The molecule has 0 aromatic heterocycles. The van der Waals surface area contributed by atoms with E-state index in [0.717, 1.165) is 6.42 Å². The normalized spacial score (nSPS) is 25.5. The second-order valence-corrected chi connectivity index (χ2v) is 6.24. The number of hydrogen-bond donors (Lipinski definition) is 1. The van der Waals surface area contributed by atoms with Crippen molar-refractivity contribution in [3.8, 4) is 0 Å². The second-order valence-electron chi connectivity index (χ2n) is 6.24. The van der Waals surface area contributed by atoms with E-state index >= 15 is 0 Å². The van der Waals surface area contributed by atoms with Crippen LogP contribution in [-0.4, -0.2) is 29.1 Å². The van der Waals surface area contributed by atoms with Crippen LogP contribution in [0.5, 0.6) is 0 Å². The van der Waals surface area contributed by atoms with Gasteiger partial charge in [0.15, 0.2) is 5.78 Å². The molecule has 1 rings (SSSR count). The minimum absolute atomic E-state index is 0.00848.